The molecule has 0 spiro atoms. The molecule has 0 bridgehead atoms. The number of hydrogen-bond donors (Lipinski definition) is 3. The first-order valence-electron chi connectivity index (χ1n) is 16.7. The maximum Gasteiger partial charge on any atom is 0.243 e. The maximum atomic E-state index is 13.8. The number of para-hydroxylation sites is 1. The van der Waals surface area contributed by atoms with Gasteiger partial charge in [0.25, 0.3) is 0 Å². The lowest BCUT2D eigenvalue weighted by atomic mass is 9.94. The summed E-state index contributed by atoms with van der Waals surface area (Å²) >= 11 is 0. The SMILES string of the molecule is CCCOc1ccccc1C[C@H](C)CNC(=O)[C@H](CC1CC1)NC(=O)[C@H](NC(=C1CC1)[C@H](C)Cc1ccc(F)cc1)C(C)C. The highest BCUT2D eigenvalue weighted by molar-refractivity contribution is 5.90. The first kappa shape index (κ1) is 33.5. The van der Waals surface area contributed by atoms with E-state index in [2.05, 4.69) is 42.8 Å². The average molecular weight is 606 g/mol. The maximum absolute atomic E-state index is 13.8. The van der Waals surface area contributed by atoms with Gasteiger partial charge in [0, 0.05) is 12.2 Å². The van der Waals surface area contributed by atoms with Gasteiger partial charge in [-0.3, -0.25) is 9.59 Å². The van der Waals surface area contributed by atoms with Crippen LogP contribution in [-0.2, 0) is 22.4 Å². The lowest BCUT2D eigenvalue weighted by Gasteiger charge is -2.29. The third-order valence-electron chi connectivity index (χ3n) is 8.62. The van der Waals surface area contributed by atoms with E-state index in [1.165, 1.54) is 17.7 Å². The Hall–Kier alpha value is -3.35. The van der Waals surface area contributed by atoms with Crippen LogP contribution in [0.1, 0.15) is 84.3 Å². The van der Waals surface area contributed by atoms with Crippen LogP contribution in [-0.4, -0.2) is 37.0 Å². The molecule has 2 amide bonds. The molecule has 2 saturated carbocycles. The van der Waals surface area contributed by atoms with Crippen LogP contribution in [0.2, 0.25) is 0 Å². The summed E-state index contributed by atoms with van der Waals surface area (Å²) in [5.41, 5.74) is 4.67. The second-order valence-electron chi connectivity index (χ2n) is 13.4. The van der Waals surface area contributed by atoms with Crippen LogP contribution in [0.4, 0.5) is 4.39 Å². The fourth-order valence-corrected chi connectivity index (χ4v) is 5.75. The molecule has 44 heavy (non-hydrogen) atoms. The molecule has 7 heteroatoms. The molecule has 0 aromatic heterocycles. The molecule has 2 aliphatic rings. The second-order valence-corrected chi connectivity index (χ2v) is 13.4. The molecule has 240 valence electrons. The molecule has 0 heterocycles. The number of halogens is 1. The van der Waals surface area contributed by atoms with Gasteiger partial charge in [0.2, 0.25) is 11.8 Å². The molecule has 4 rings (SSSR count). The first-order valence-corrected chi connectivity index (χ1v) is 16.7. The number of benzene rings is 2. The van der Waals surface area contributed by atoms with E-state index in [1.54, 1.807) is 0 Å². The third kappa shape index (κ3) is 10.4. The Labute approximate surface area is 263 Å². The summed E-state index contributed by atoms with van der Waals surface area (Å²) in [5.74, 6) is 1.31. The van der Waals surface area contributed by atoms with E-state index >= 15 is 0 Å². The Kier molecular flexibility index (Phi) is 12.3. The van der Waals surface area contributed by atoms with Gasteiger partial charge in [-0.1, -0.05) is 83.4 Å². The van der Waals surface area contributed by atoms with Gasteiger partial charge >= 0.3 is 0 Å². The number of hydrogen-bond acceptors (Lipinski definition) is 4. The Morgan fingerprint density at radius 2 is 1.64 bits per heavy atom. The van der Waals surface area contributed by atoms with Gasteiger partial charge in [0.15, 0.2) is 0 Å². The lowest BCUT2D eigenvalue weighted by Crippen LogP contribution is -2.55. The quantitative estimate of drug-likeness (QED) is 0.176. The van der Waals surface area contributed by atoms with Crippen molar-refractivity contribution in [3.05, 3.63) is 76.7 Å². The number of carbonyl (C=O) groups is 2. The van der Waals surface area contributed by atoms with Gasteiger partial charge in [0.1, 0.15) is 23.7 Å². The van der Waals surface area contributed by atoms with Crippen LogP contribution in [0.5, 0.6) is 5.75 Å². The van der Waals surface area contributed by atoms with Crippen molar-refractivity contribution >= 4 is 11.8 Å². The van der Waals surface area contributed by atoms with Gasteiger partial charge in [-0.15, -0.1) is 0 Å². The molecule has 0 aliphatic heterocycles. The van der Waals surface area contributed by atoms with Gasteiger partial charge < -0.3 is 20.7 Å². The summed E-state index contributed by atoms with van der Waals surface area (Å²) < 4.78 is 19.4. The van der Waals surface area contributed by atoms with E-state index in [-0.39, 0.29) is 35.4 Å². The molecular weight excluding hydrogens is 553 g/mol. The van der Waals surface area contributed by atoms with Crippen LogP contribution in [0.25, 0.3) is 0 Å². The Morgan fingerprint density at radius 3 is 2.27 bits per heavy atom. The molecule has 0 radical (unpaired) electrons. The van der Waals surface area contributed by atoms with Crippen molar-refractivity contribution in [1.82, 2.24) is 16.0 Å². The highest BCUT2D eigenvalue weighted by Gasteiger charge is 2.34. The third-order valence-corrected chi connectivity index (χ3v) is 8.62. The smallest absolute Gasteiger partial charge is 0.243 e. The van der Waals surface area contributed by atoms with E-state index in [0.29, 0.717) is 25.5 Å². The summed E-state index contributed by atoms with van der Waals surface area (Å²) in [6.45, 7) is 11.7. The molecule has 2 aromatic rings. The van der Waals surface area contributed by atoms with E-state index in [4.69, 9.17) is 4.74 Å². The summed E-state index contributed by atoms with van der Waals surface area (Å²) in [5, 5.41) is 9.88. The van der Waals surface area contributed by atoms with E-state index in [9.17, 15) is 14.0 Å². The van der Waals surface area contributed by atoms with Crippen molar-refractivity contribution in [2.45, 2.75) is 98.1 Å². The van der Waals surface area contributed by atoms with Crippen LogP contribution in [0.3, 0.4) is 0 Å². The Balaban J connectivity index is 1.36. The van der Waals surface area contributed by atoms with Crippen LogP contribution in [0.15, 0.2) is 59.8 Å². The zero-order chi connectivity index (χ0) is 31.6. The average Bonchev–Trinajstić information content (AvgIpc) is 3.93. The Morgan fingerprint density at radius 1 is 0.932 bits per heavy atom. The van der Waals surface area contributed by atoms with Crippen molar-refractivity contribution < 1.29 is 18.7 Å². The zero-order valence-electron chi connectivity index (χ0n) is 27.3. The van der Waals surface area contributed by atoms with Crippen LogP contribution < -0.4 is 20.7 Å². The second kappa shape index (κ2) is 16.1. The van der Waals surface area contributed by atoms with E-state index in [1.807, 2.05) is 44.2 Å². The van der Waals surface area contributed by atoms with Gasteiger partial charge in [-0.2, -0.15) is 0 Å². The van der Waals surface area contributed by atoms with E-state index in [0.717, 1.165) is 67.5 Å². The molecule has 2 fully saturated rings. The highest BCUT2D eigenvalue weighted by atomic mass is 19.1. The lowest BCUT2D eigenvalue weighted by molar-refractivity contribution is -0.130. The minimum Gasteiger partial charge on any atom is -0.493 e. The number of carbonyl (C=O) groups excluding carboxylic acids is 2. The summed E-state index contributed by atoms with van der Waals surface area (Å²) in [7, 11) is 0. The van der Waals surface area contributed by atoms with Crippen molar-refractivity contribution in [1.29, 1.82) is 0 Å². The molecule has 2 aliphatic carbocycles. The molecule has 0 saturated heterocycles. The Bertz CT molecular complexity index is 1270. The number of amides is 2. The van der Waals surface area contributed by atoms with Crippen molar-refractivity contribution in [3.8, 4) is 5.75 Å². The predicted molar refractivity (Wildman–Crippen MR) is 175 cm³/mol. The fourth-order valence-electron chi connectivity index (χ4n) is 5.75. The number of allylic oxidation sites excluding steroid dienone is 2. The van der Waals surface area contributed by atoms with Gasteiger partial charge in [0.05, 0.1) is 6.61 Å². The standard InChI is InChI=1S/C37H52FN3O3/c1-6-19-44-33-10-8-7-9-30(33)20-25(4)23-39-36(42)32(22-28-11-12-28)40-37(43)34(24(2)3)41-35(29-15-16-29)26(5)21-27-13-17-31(38)18-14-27/h7-10,13-14,17-18,24-26,28,32,34,41H,6,11-12,15-16,19-23H2,1-5H3,(H,39,42)(H,40,43)/t25-,26+,32-,34+/m0/s1. The number of ether oxygens (including phenoxy) is 1. The number of rotatable bonds is 18. The predicted octanol–water partition coefficient (Wildman–Crippen LogP) is 6.74. The first-order chi connectivity index (χ1) is 21.1. The summed E-state index contributed by atoms with van der Waals surface area (Å²) in [6, 6.07) is 13.7. The largest absolute Gasteiger partial charge is 0.493 e. The molecule has 3 N–H and O–H groups in total. The summed E-state index contributed by atoms with van der Waals surface area (Å²) in [6.07, 6.45) is 7.45. The van der Waals surface area contributed by atoms with Crippen molar-refractivity contribution in [2.24, 2.45) is 23.7 Å². The normalized spacial score (nSPS) is 16.9. The fraction of sp³-hybridized carbons (Fsp3) is 0.568. The topological polar surface area (TPSA) is 79.5 Å². The van der Waals surface area contributed by atoms with Crippen molar-refractivity contribution in [2.75, 3.05) is 13.2 Å². The van der Waals surface area contributed by atoms with Gasteiger partial charge in [-0.25, -0.2) is 4.39 Å². The molecular formula is C37H52FN3O3. The molecule has 4 atom stereocenters. The van der Waals surface area contributed by atoms with Crippen LogP contribution >= 0.6 is 0 Å². The van der Waals surface area contributed by atoms with E-state index < -0.39 is 12.1 Å². The molecule has 6 nitrogen and oxygen atoms in total. The minimum atomic E-state index is -0.556. The molecule has 0 unspecified atom stereocenters. The van der Waals surface area contributed by atoms with Crippen molar-refractivity contribution in [3.63, 3.8) is 0 Å². The monoisotopic (exact) mass is 605 g/mol. The highest BCUT2D eigenvalue weighted by Crippen LogP contribution is 2.36. The minimum absolute atomic E-state index is 0.0297. The summed E-state index contributed by atoms with van der Waals surface area (Å²) in [4.78, 5) is 27.2. The number of nitrogens with one attached hydrogen (secondary N) is 3. The zero-order valence-corrected chi connectivity index (χ0v) is 27.3. The van der Waals surface area contributed by atoms with Crippen LogP contribution in [0, 0.1) is 29.5 Å². The van der Waals surface area contributed by atoms with Gasteiger partial charge in [-0.05, 0) is 91.5 Å². The molecule has 2 aromatic carbocycles.